The van der Waals surface area contributed by atoms with Gasteiger partial charge >= 0.3 is 5.97 Å². The molecule has 4 nitrogen and oxygen atoms in total. The predicted molar refractivity (Wildman–Crippen MR) is 71.7 cm³/mol. The van der Waals surface area contributed by atoms with E-state index in [1.54, 1.807) is 30.9 Å². The van der Waals surface area contributed by atoms with E-state index in [1.807, 2.05) is 0 Å². The van der Waals surface area contributed by atoms with Crippen LogP contribution in [0.1, 0.15) is 25.8 Å². The molecule has 2 rings (SSSR count). The highest BCUT2D eigenvalue weighted by molar-refractivity contribution is 5.88. The van der Waals surface area contributed by atoms with Crippen molar-refractivity contribution in [3.63, 3.8) is 0 Å². The number of halogens is 1. The molecule has 0 unspecified atom stereocenters. The smallest absolute Gasteiger partial charge is 0.308 e. The zero-order valence-corrected chi connectivity index (χ0v) is 11.6. The number of aliphatic carboxylic acids is 1. The molecule has 1 saturated heterocycles. The minimum atomic E-state index is -0.861. The summed E-state index contributed by atoms with van der Waals surface area (Å²) < 4.78 is 13.0. The first kappa shape index (κ1) is 14.5. The standard InChI is InChI=1S/C15H18FNO3/c1-15(2,11-3-5-12(16)6-4-11)14(20)17-8-7-10(9-17)13(18)19/h3-6,10H,7-9H2,1-2H3,(H,18,19)/t10-/m0/s1. The number of amides is 1. The summed E-state index contributed by atoms with van der Waals surface area (Å²) in [7, 11) is 0. The predicted octanol–water partition coefficient (Wildman–Crippen LogP) is 2.04. The zero-order chi connectivity index (χ0) is 14.9. The first-order valence-corrected chi connectivity index (χ1v) is 6.60. The molecule has 1 aliphatic rings. The van der Waals surface area contributed by atoms with E-state index in [0.717, 1.165) is 5.56 Å². The summed E-state index contributed by atoms with van der Waals surface area (Å²) in [6, 6.07) is 5.85. The van der Waals surface area contributed by atoms with Crippen LogP contribution in [0.2, 0.25) is 0 Å². The molecule has 108 valence electrons. The van der Waals surface area contributed by atoms with Crippen LogP contribution in [0.15, 0.2) is 24.3 Å². The van der Waals surface area contributed by atoms with Gasteiger partial charge in [-0.1, -0.05) is 12.1 Å². The highest BCUT2D eigenvalue weighted by Gasteiger charge is 2.38. The van der Waals surface area contributed by atoms with Crippen LogP contribution in [0.25, 0.3) is 0 Å². The first-order valence-electron chi connectivity index (χ1n) is 6.60. The van der Waals surface area contributed by atoms with E-state index < -0.39 is 17.3 Å². The Bertz CT molecular complexity index is 524. The van der Waals surface area contributed by atoms with Crippen LogP contribution in [0.5, 0.6) is 0 Å². The fourth-order valence-electron chi connectivity index (χ4n) is 2.53. The summed E-state index contributed by atoms with van der Waals surface area (Å²) in [5, 5.41) is 8.98. The summed E-state index contributed by atoms with van der Waals surface area (Å²) in [5.74, 6) is -1.81. The Balaban J connectivity index is 2.15. The summed E-state index contributed by atoms with van der Waals surface area (Å²) in [6.07, 6.45) is 0.487. The van der Waals surface area contributed by atoms with Gasteiger partial charge in [0.25, 0.3) is 0 Å². The molecule has 20 heavy (non-hydrogen) atoms. The monoisotopic (exact) mass is 279 g/mol. The van der Waals surface area contributed by atoms with Gasteiger partial charge in [0.05, 0.1) is 11.3 Å². The van der Waals surface area contributed by atoms with Crippen LogP contribution in [-0.4, -0.2) is 35.0 Å². The van der Waals surface area contributed by atoms with Crippen LogP contribution < -0.4 is 0 Å². The molecule has 1 N–H and O–H groups in total. The average molecular weight is 279 g/mol. The van der Waals surface area contributed by atoms with Crippen molar-refractivity contribution in [2.24, 2.45) is 5.92 Å². The van der Waals surface area contributed by atoms with Gasteiger partial charge in [-0.05, 0) is 38.0 Å². The number of carbonyl (C=O) groups is 2. The molecule has 0 spiro atoms. The Morgan fingerprint density at radius 3 is 2.40 bits per heavy atom. The third kappa shape index (κ3) is 2.66. The Morgan fingerprint density at radius 2 is 1.90 bits per heavy atom. The molecule has 0 aliphatic carbocycles. The summed E-state index contributed by atoms with van der Waals surface area (Å²) in [4.78, 5) is 25.1. The van der Waals surface area contributed by atoms with E-state index in [4.69, 9.17) is 5.11 Å². The van der Waals surface area contributed by atoms with Crippen molar-refractivity contribution < 1.29 is 19.1 Å². The lowest BCUT2D eigenvalue weighted by Gasteiger charge is -2.29. The van der Waals surface area contributed by atoms with Crippen LogP contribution >= 0.6 is 0 Å². The minimum absolute atomic E-state index is 0.118. The number of carboxylic acids is 1. The number of hydrogen-bond donors (Lipinski definition) is 1. The van der Waals surface area contributed by atoms with Crippen LogP contribution in [0.3, 0.4) is 0 Å². The van der Waals surface area contributed by atoms with Crippen LogP contribution in [-0.2, 0) is 15.0 Å². The second-order valence-corrected chi connectivity index (χ2v) is 5.71. The van der Waals surface area contributed by atoms with Crippen LogP contribution in [0, 0.1) is 11.7 Å². The molecular formula is C15H18FNO3. The molecule has 0 bridgehead atoms. The van der Waals surface area contributed by atoms with Crippen LogP contribution in [0.4, 0.5) is 4.39 Å². The third-order valence-electron chi connectivity index (χ3n) is 3.93. The molecule has 0 saturated carbocycles. The topological polar surface area (TPSA) is 57.6 Å². The SMILES string of the molecule is CC(C)(C(=O)N1CC[C@H](C(=O)O)C1)c1ccc(F)cc1. The van der Waals surface area contributed by atoms with E-state index >= 15 is 0 Å². The molecule has 1 atom stereocenters. The molecule has 0 radical (unpaired) electrons. The second-order valence-electron chi connectivity index (χ2n) is 5.71. The lowest BCUT2D eigenvalue weighted by molar-refractivity contribution is -0.141. The fourth-order valence-corrected chi connectivity index (χ4v) is 2.53. The average Bonchev–Trinajstić information content (AvgIpc) is 2.88. The van der Waals surface area contributed by atoms with Crippen molar-refractivity contribution in [1.29, 1.82) is 0 Å². The lowest BCUT2D eigenvalue weighted by atomic mass is 9.83. The van der Waals surface area contributed by atoms with E-state index in [1.165, 1.54) is 12.1 Å². The Kier molecular flexibility index (Phi) is 3.79. The van der Waals surface area contributed by atoms with E-state index in [2.05, 4.69) is 0 Å². The van der Waals surface area contributed by atoms with Crippen molar-refractivity contribution in [2.75, 3.05) is 13.1 Å². The molecule has 0 aromatic heterocycles. The molecule has 1 aromatic rings. The number of nitrogens with zero attached hydrogens (tertiary/aromatic N) is 1. The zero-order valence-electron chi connectivity index (χ0n) is 11.6. The number of carbonyl (C=O) groups excluding carboxylic acids is 1. The number of carboxylic acid groups (broad SMARTS) is 1. The maximum absolute atomic E-state index is 13.0. The molecule has 1 fully saturated rings. The quantitative estimate of drug-likeness (QED) is 0.921. The van der Waals surface area contributed by atoms with Gasteiger partial charge in [-0.3, -0.25) is 9.59 Å². The molecule has 1 aromatic carbocycles. The van der Waals surface area contributed by atoms with Crippen molar-refractivity contribution in [1.82, 2.24) is 4.90 Å². The maximum atomic E-state index is 13.0. The van der Waals surface area contributed by atoms with Gasteiger partial charge in [-0.15, -0.1) is 0 Å². The first-order chi connectivity index (χ1) is 9.32. The highest BCUT2D eigenvalue weighted by Crippen LogP contribution is 2.29. The Morgan fingerprint density at radius 1 is 1.30 bits per heavy atom. The number of hydrogen-bond acceptors (Lipinski definition) is 2. The second kappa shape index (κ2) is 5.23. The molecule has 5 heteroatoms. The molecule has 1 heterocycles. The fraction of sp³-hybridized carbons (Fsp3) is 0.467. The Labute approximate surface area is 117 Å². The Hall–Kier alpha value is -1.91. The maximum Gasteiger partial charge on any atom is 0.308 e. The minimum Gasteiger partial charge on any atom is -0.481 e. The lowest BCUT2D eigenvalue weighted by Crippen LogP contribution is -2.42. The van der Waals surface area contributed by atoms with Gasteiger partial charge in [-0.2, -0.15) is 0 Å². The highest BCUT2D eigenvalue weighted by atomic mass is 19.1. The third-order valence-corrected chi connectivity index (χ3v) is 3.93. The van der Waals surface area contributed by atoms with Gasteiger partial charge < -0.3 is 10.0 Å². The van der Waals surface area contributed by atoms with Gasteiger partial charge in [-0.25, -0.2) is 4.39 Å². The van der Waals surface area contributed by atoms with E-state index in [0.29, 0.717) is 13.0 Å². The van der Waals surface area contributed by atoms with Crippen molar-refractivity contribution in [2.45, 2.75) is 25.7 Å². The number of rotatable bonds is 3. The summed E-state index contributed by atoms with van der Waals surface area (Å²) in [6.45, 7) is 4.26. The largest absolute Gasteiger partial charge is 0.481 e. The van der Waals surface area contributed by atoms with Crippen molar-refractivity contribution in [3.05, 3.63) is 35.6 Å². The number of benzene rings is 1. The summed E-state index contributed by atoms with van der Waals surface area (Å²) in [5.41, 5.74) is -0.0659. The van der Waals surface area contributed by atoms with Gasteiger partial charge in [0.2, 0.25) is 5.91 Å². The van der Waals surface area contributed by atoms with Gasteiger partial charge in [0, 0.05) is 13.1 Å². The summed E-state index contributed by atoms with van der Waals surface area (Å²) >= 11 is 0. The molecular weight excluding hydrogens is 261 g/mol. The number of likely N-dealkylation sites (tertiary alicyclic amines) is 1. The van der Waals surface area contributed by atoms with Crippen molar-refractivity contribution in [3.8, 4) is 0 Å². The van der Waals surface area contributed by atoms with Gasteiger partial charge in [0.1, 0.15) is 5.82 Å². The van der Waals surface area contributed by atoms with E-state index in [9.17, 15) is 14.0 Å². The van der Waals surface area contributed by atoms with E-state index in [-0.39, 0.29) is 18.3 Å². The van der Waals surface area contributed by atoms with Crippen molar-refractivity contribution >= 4 is 11.9 Å². The molecule has 1 aliphatic heterocycles. The molecule has 1 amide bonds. The normalized spacial score (nSPS) is 19.1. The van der Waals surface area contributed by atoms with Gasteiger partial charge in [0.15, 0.2) is 0 Å².